The number of benzene rings is 1. The number of nitrogens with zero attached hydrogens (tertiary/aromatic N) is 1. The van der Waals surface area contributed by atoms with Crippen molar-refractivity contribution in [2.75, 3.05) is 37.7 Å². The number of nitrogens with one attached hydrogen (secondary N) is 2. The molecule has 0 fully saturated rings. The normalized spacial score (nSPS) is 13.2. The lowest BCUT2D eigenvalue weighted by Gasteiger charge is -2.31. The van der Waals surface area contributed by atoms with Gasteiger partial charge in [-0.1, -0.05) is 18.2 Å². The van der Waals surface area contributed by atoms with Gasteiger partial charge in [-0.3, -0.25) is 4.79 Å². The van der Waals surface area contributed by atoms with Gasteiger partial charge in [-0.2, -0.15) is 0 Å². The number of carbonyl (C=O) groups is 2. The number of rotatable bonds is 7. The Morgan fingerprint density at radius 1 is 1.22 bits per heavy atom. The summed E-state index contributed by atoms with van der Waals surface area (Å²) < 4.78 is 4.73. The van der Waals surface area contributed by atoms with E-state index in [-0.39, 0.29) is 18.9 Å². The number of amides is 2. The van der Waals surface area contributed by atoms with Crippen LogP contribution in [0.4, 0.5) is 10.5 Å². The third-order valence-electron chi connectivity index (χ3n) is 3.81. The monoisotopic (exact) mass is 319 g/mol. The number of para-hydroxylation sites is 1. The molecule has 6 heteroatoms. The zero-order valence-corrected chi connectivity index (χ0v) is 13.6. The lowest BCUT2D eigenvalue weighted by molar-refractivity contribution is -0.120. The Morgan fingerprint density at radius 3 is 2.87 bits per heavy atom. The van der Waals surface area contributed by atoms with Crippen LogP contribution in [0.3, 0.4) is 0 Å². The lowest BCUT2D eigenvalue weighted by Crippen LogP contribution is -2.38. The Balaban J connectivity index is 1.65. The molecule has 1 aromatic carbocycles. The van der Waals surface area contributed by atoms with Gasteiger partial charge in [-0.05, 0) is 31.4 Å². The van der Waals surface area contributed by atoms with Crippen LogP contribution in [0.5, 0.6) is 0 Å². The summed E-state index contributed by atoms with van der Waals surface area (Å²) in [4.78, 5) is 25.2. The summed E-state index contributed by atoms with van der Waals surface area (Å²) in [6.07, 6.45) is 2.05. The SMILES string of the molecule is CCOC(=O)NCCC(=O)NCCN1CCCc2ccccc21. The Morgan fingerprint density at radius 2 is 2.04 bits per heavy atom. The van der Waals surface area contributed by atoms with E-state index in [2.05, 4.69) is 39.8 Å². The molecule has 0 spiro atoms. The van der Waals surface area contributed by atoms with Crippen LogP contribution in [0.2, 0.25) is 0 Å². The first-order valence-electron chi connectivity index (χ1n) is 8.21. The highest BCUT2D eigenvalue weighted by Gasteiger charge is 2.15. The number of alkyl carbamates (subject to hydrolysis) is 1. The molecule has 0 bridgehead atoms. The van der Waals surface area contributed by atoms with Crippen LogP contribution in [-0.2, 0) is 16.0 Å². The van der Waals surface area contributed by atoms with Crippen molar-refractivity contribution in [2.45, 2.75) is 26.2 Å². The van der Waals surface area contributed by atoms with Crippen molar-refractivity contribution < 1.29 is 14.3 Å². The molecule has 1 aliphatic heterocycles. The molecule has 126 valence electrons. The van der Waals surface area contributed by atoms with E-state index in [0.29, 0.717) is 13.2 Å². The number of anilines is 1. The Bertz CT molecular complexity index is 534. The molecule has 2 amide bonds. The van der Waals surface area contributed by atoms with Gasteiger partial charge in [0.1, 0.15) is 0 Å². The van der Waals surface area contributed by atoms with Crippen LogP contribution in [0, 0.1) is 0 Å². The highest BCUT2D eigenvalue weighted by Crippen LogP contribution is 2.25. The molecule has 0 radical (unpaired) electrons. The van der Waals surface area contributed by atoms with Gasteiger partial charge in [-0.15, -0.1) is 0 Å². The van der Waals surface area contributed by atoms with Crippen molar-refractivity contribution in [1.29, 1.82) is 0 Å². The number of carbonyl (C=O) groups excluding carboxylic acids is 2. The molecule has 6 nitrogen and oxygen atoms in total. The minimum Gasteiger partial charge on any atom is -0.450 e. The predicted molar refractivity (Wildman–Crippen MR) is 89.6 cm³/mol. The van der Waals surface area contributed by atoms with E-state index >= 15 is 0 Å². The van der Waals surface area contributed by atoms with Crippen LogP contribution in [0.1, 0.15) is 25.3 Å². The van der Waals surface area contributed by atoms with Crippen molar-refractivity contribution in [3.63, 3.8) is 0 Å². The van der Waals surface area contributed by atoms with E-state index in [9.17, 15) is 9.59 Å². The van der Waals surface area contributed by atoms with E-state index in [4.69, 9.17) is 4.74 Å². The highest BCUT2D eigenvalue weighted by molar-refractivity contribution is 5.77. The zero-order valence-electron chi connectivity index (χ0n) is 13.6. The van der Waals surface area contributed by atoms with E-state index in [0.717, 1.165) is 25.9 Å². The third kappa shape index (κ3) is 5.47. The third-order valence-corrected chi connectivity index (χ3v) is 3.81. The Hall–Kier alpha value is -2.24. The summed E-state index contributed by atoms with van der Waals surface area (Å²) in [7, 11) is 0. The molecule has 23 heavy (non-hydrogen) atoms. The maximum Gasteiger partial charge on any atom is 0.407 e. The highest BCUT2D eigenvalue weighted by atomic mass is 16.5. The molecule has 0 atom stereocenters. The van der Waals surface area contributed by atoms with Gasteiger partial charge in [0, 0.05) is 38.3 Å². The fourth-order valence-corrected chi connectivity index (χ4v) is 2.72. The maximum atomic E-state index is 11.7. The number of fused-ring (bicyclic) bond motifs is 1. The van der Waals surface area contributed by atoms with Gasteiger partial charge >= 0.3 is 6.09 Å². The number of ether oxygens (including phenoxy) is 1. The first-order chi connectivity index (χ1) is 11.2. The average Bonchev–Trinajstić information content (AvgIpc) is 2.55. The molecular weight excluding hydrogens is 294 g/mol. The van der Waals surface area contributed by atoms with Gasteiger partial charge in [-0.25, -0.2) is 4.79 Å². The van der Waals surface area contributed by atoms with E-state index in [1.54, 1.807) is 6.92 Å². The molecule has 0 aliphatic carbocycles. The second-order valence-electron chi connectivity index (χ2n) is 5.47. The molecule has 2 N–H and O–H groups in total. The van der Waals surface area contributed by atoms with E-state index in [1.165, 1.54) is 11.3 Å². The fraction of sp³-hybridized carbons (Fsp3) is 0.529. The first kappa shape index (κ1) is 17.1. The quantitative estimate of drug-likeness (QED) is 0.802. The number of aryl methyl sites for hydroxylation is 1. The zero-order chi connectivity index (χ0) is 16.5. The topological polar surface area (TPSA) is 70.7 Å². The second kappa shape index (κ2) is 9.02. The smallest absolute Gasteiger partial charge is 0.407 e. The summed E-state index contributed by atoms with van der Waals surface area (Å²) in [6.45, 7) is 4.79. The summed E-state index contributed by atoms with van der Waals surface area (Å²) in [5.41, 5.74) is 2.65. The van der Waals surface area contributed by atoms with E-state index < -0.39 is 6.09 Å². The first-order valence-corrected chi connectivity index (χ1v) is 8.21. The largest absolute Gasteiger partial charge is 0.450 e. The van der Waals surface area contributed by atoms with E-state index in [1.807, 2.05) is 0 Å². The Labute approximate surface area is 137 Å². The summed E-state index contributed by atoms with van der Waals surface area (Å²) in [6, 6.07) is 8.43. The second-order valence-corrected chi connectivity index (χ2v) is 5.47. The molecule has 0 unspecified atom stereocenters. The van der Waals surface area contributed by atoms with Crippen LogP contribution in [0.15, 0.2) is 24.3 Å². The van der Waals surface area contributed by atoms with Crippen LogP contribution < -0.4 is 15.5 Å². The molecule has 0 aromatic heterocycles. The van der Waals surface area contributed by atoms with Gasteiger partial charge in [0.25, 0.3) is 0 Å². The van der Waals surface area contributed by atoms with Crippen LogP contribution in [-0.4, -0.2) is 44.8 Å². The van der Waals surface area contributed by atoms with Crippen molar-refractivity contribution in [3.05, 3.63) is 29.8 Å². The van der Waals surface area contributed by atoms with Gasteiger partial charge in [0.05, 0.1) is 6.61 Å². The summed E-state index contributed by atoms with van der Waals surface area (Å²) >= 11 is 0. The molecule has 0 saturated heterocycles. The summed E-state index contributed by atoms with van der Waals surface area (Å²) in [5, 5.41) is 5.43. The number of hydrogen-bond acceptors (Lipinski definition) is 4. The standard InChI is InChI=1S/C17H25N3O3/c1-2-23-17(22)19-10-9-16(21)18-11-13-20-12-5-7-14-6-3-4-8-15(14)20/h3-4,6,8H,2,5,7,9-13H2,1H3,(H,18,21)(H,19,22). The summed E-state index contributed by atoms with van der Waals surface area (Å²) in [5.74, 6) is -0.0629. The van der Waals surface area contributed by atoms with Crippen LogP contribution in [0.25, 0.3) is 0 Å². The maximum absolute atomic E-state index is 11.7. The van der Waals surface area contributed by atoms with Gasteiger partial charge < -0.3 is 20.3 Å². The molecule has 1 heterocycles. The molecular formula is C17H25N3O3. The predicted octanol–water partition coefficient (Wildman–Crippen LogP) is 1.69. The van der Waals surface area contributed by atoms with Crippen LogP contribution >= 0.6 is 0 Å². The minimum absolute atomic E-state index is 0.0629. The van der Waals surface area contributed by atoms with Crippen molar-refractivity contribution in [1.82, 2.24) is 10.6 Å². The fourth-order valence-electron chi connectivity index (χ4n) is 2.72. The van der Waals surface area contributed by atoms with Crippen molar-refractivity contribution in [2.24, 2.45) is 0 Å². The average molecular weight is 319 g/mol. The van der Waals surface area contributed by atoms with Crippen molar-refractivity contribution in [3.8, 4) is 0 Å². The molecule has 1 aliphatic rings. The minimum atomic E-state index is -0.481. The lowest BCUT2D eigenvalue weighted by atomic mass is 10.0. The Kier molecular flexibility index (Phi) is 6.72. The molecule has 2 rings (SSSR count). The van der Waals surface area contributed by atoms with Crippen molar-refractivity contribution >= 4 is 17.7 Å². The van der Waals surface area contributed by atoms with Gasteiger partial charge in [0.2, 0.25) is 5.91 Å². The molecule has 0 saturated carbocycles. The van der Waals surface area contributed by atoms with Gasteiger partial charge in [0.15, 0.2) is 0 Å². The number of hydrogen-bond donors (Lipinski definition) is 2. The molecule has 1 aromatic rings.